The number of fused-ring (bicyclic) bond motifs is 5. The molecule has 0 spiro atoms. The van der Waals surface area contributed by atoms with Crippen LogP contribution in [-0.4, -0.2) is 35.8 Å². The van der Waals surface area contributed by atoms with Crippen molar-refractivity contribution in [1.29, 1.82) is 0 Å². The lowest BCUT2D eigenvalue weighted by atomic mass is 9.48. The number of rotatable bonds is 4. The molecule has 1 aromatic carbocycles. The maximum Gasteiger partial charge on any atom is 0.246 e. The number of amides is 2. The molecular weight excluding hydrogens is 408 g/mol. The number of benzene rings is 1. The van der Waals surface area contributed by atoms with Crippen LogP contribution in [0, 0.1) is 35.5 Å². The van der Waals surface area contributed by atoms with E-state index in [-0.39, 0.29) is 22.6 Å². The summed E-state index contributed by atoms with van der Waals surface area (Å²) in [7, 11) is 1.99. The molecule has 178 valence electrons. The largest absolute Gasteiger partial charge is 0.353 e. The first-order chi connectivity index (χ1) is 15.7. The Labute approximate surface area is 199 Å². The Morgan fingerprint density at radius 2 is 1.94 bits per heavy atom. The van der Waals surface area contributed by atoms with E-state index >= 15 is 0 Å². The summed E-state index contributed by atoms with van der Waals surface area (Å²) in [6.45, 7) is 6.95. The van der Waals surface area contributed by atoms with Crippen molar-refractivity contribution in [2.24, 2.45) is 28.6 Å². The van der Waals surface area contributed by atoms with Gasteiger partial charge in [-0.05, 0) is 86.7 Å². The third kappa shape index (κ3) is 3.74. The van der Waals surface area contributed by atoms with Crippen molar-refractivity contribution in [1.82, 2.24) is 10.2 Å². The average Bonchev–Trinajstić information content (AvgIpc) is 3.11. The summed E-state index contributed by atoms with van der Waals surface area (Å²) in [5, 5.41) is 3.47. The predicted octanol–water partition coefficient (Wildman–Crippen LogP) is 5.05. The van der Waals surface area contributed by atoms with E-state index < -0.39 is 0 Å². The molecule has 7 atom stereocenters. The average molecular weight is 449 g/mol. The topological polar surface area (TPSA) is 49.4 Å². The summed E-state index contributed by atoms with van der Waals surface area (Å²) in [6, 6.07) is 9.11. The molecule has 0 aromatic heterocycles. The Morgan fingerprint density at radius 1 is 1.12 bits per heavy atom. The molecular formula is C29H40N2O2. The van der Waals surface area contributed by atoms with Crippen LogP contribution in [-0.2, 0) is 16.0 Å². The lowest BCUT2D eigenvalue weighted by Gasteiger charge is -2.60. The zero-order valence-corrected chi connectivity index (χ0v) is 20.8. The molecule has 0 radical (unpaired) electrons. The number of nitrogens with zero attached hydrogens (tertiary/aromatic N) is 1. The van der Waals surface area contributed by atoms with Crippen LogP contribution in [0.1, 0.15) is 69.9 Å². The van der Waals surface area contributed by atoms with Crippen LogP contribution >= 0.6 is 0 Å². The molecule has 3 fully saturated rings. The Kier molecular flexibility index (Phi) is 5.69. The van der Waals surface area contributed by atoms with Gasteiger partial charge in [-0.1, -0.05) is 49.8 Å². The standard InChI is InChI=1S/C29H40N2O2/c1-19-6-5-7-20(18-19)8-13-26(32)30-24-11-10-22-21-9-12-25-29(3,17-15-27(33)31(25)4)23(21)14-16-28(22,24)2/h5-7,15,17-18,21-25H,8-14,16H2,1-4H3,(H,30,32)/t21-,22-,23-,24-,25+,28-,29+/m0/s1. The van der Waals surface area contributed by atoms with Crippen molar-refractivity contribution < 1.29 is 9.59 Å². The second-order valence-electron chi connectivity index (χ2n) is 11.8. The van der Waals surface area contributed by atoms with Crippen LogP contribution in [0.15, 0.2) is 36.4 Å². The second kappa shape index (κ2) is 8.29. The minimum Gasteiger partial charge on any atom is -0.353 e. The fourth-order valence-electron chi connectivity index (χ4n) is 8.37. The molecule has 1 aliphatic heterocycles. The first-order valence-corrected chi connectivity index (χ1v) is 13.0. The van der Waals surface area contributed by atoms with E-state index in [1.54, 1.807) is 0 Å². The fourth-order valence-corrected chi connectivity index (χ4v) is 8.37. The normalized spacial score (nSPS) is 39.6. The molecule has 0 unspecified atom stereocenters. The molecule has 3 aliphatic carbocycles. The third-order valence-electron chi connectivity index (χ3n) is 10.2. The maximum absolute atomic E-state index is 12.9. The van der Waals surface area contributed by atoms with E-state index in [0.29, 0.717) is 36.3 Å². The number of carbonyl (C=O) groups excluding carboxylic acids is 2. The maximum atomic E-state index is 12.9. The summed E-state index contributed by atoms with van der Waals surface area (Å²) in [5.41, 5.74) is 2.78. The van der Waals surface area contributed by atoms with E-state index in [1.165, 1.54) is 36.8 Å². The van der Waals surface area contributed by atoms with E-state index in [4.69, 9.17) is 0 Å². The lowest BCUT2D eigenvalue weighted by molar-refractivity contribution is -0.138. The van der Waals surface area contributed by atoms with Crippen molar-refractivity contribution in [2.45, 2.75) is 84.2 Å². The van der Waals surface area contributed by atoms with E-state index in [9.17, 15) is 9.59 Å². The molecule has 1 N–H and O–H groups in total. The molecule has 0 bridgehead atoms. The molecule has 0 saturated heterocycles. The number of likely N-dealkylation sites (N-methyl/N-ethyl adjacent to an activating group) is 1. The van der Waals surface area contributed by atoms with Crippen LogP contribution in [0.4, 0.5) is 0 Å². The Morgan fingerprint density at radius 3 is 2.73 bits per heavy atom. The van der Waals surface area contributed by atoms with Gasteiger partial charge in [0.15, 0.2) is 0 Å². The zero-order valence-electron chi connectivity index (χ0n) is 20.8. The molecule has 4 heteroatoms. The van der Waals surface area contributed by atoms with Gasteiger partial charge in [-0.25, -0.2) is 0 Å². The van der Waals surface area contributed by atoms with E-state index in [2.05, 4.69) is 56.4 Å². The second-order valence-corrected chi connectivity index (χ2v) is 11.8. The molecule has 1 aromatic rings. The Balaban J connectivity index is 1.26. The number of carbonyl (C=O) groups is 2. The Hall–Kier alpha value is -2.10. The van der Waals surface area contributed by atoms with E-state index in [0.717, 1.165) is 19.3 Å². The van der Waals surface area contributed by atoms with Gasteiger partial charge in [0.05, 0.1) is 0 Å². The summed E-state index contributed by atoms with van der Waals surface area (Å²) in [6.07, 6.45) is 12.5. The van der Waals surface area contributed by atoms with Crippen molar-refractivity contribution in [3.05, 3.63) is 47.5 Å². The molecule has 3 saturated carbocycles. The molecule has 5 rings (SSSR count). The first kappa shape index (κ1) is 22.7. The summed E-state index contributed by atoms with van der Waals surface area (Å²) in [4.78, 5) is 27.2. The highest BCUT2D eigenvalue weighted by Crippen LogP contribution is 2.63. The predicted molar refractivity (Wildman–Crippen MR) is 132 cm³/mol. The van der Waals surface area contributed by atoms with Gasteiger partial charge in [-0.2, -0.15) is 0 Å². The highest BCUT2D eigenvalue weighted by molar-refractivity contribution is 5.89. The highest BCUT2D eigenvalue weighted by Gasteiger charge is 2.60. The van der Waals surface area contributed by atoms with Gasteiger partial charge in [-0.3, -0.25) is 9.59 Å². The molecule has 4 aliphatic rings. The smallest absolute Gasteiger partial charge is 0.246 e. The van der Waals surface area contributed by atoms with E-state index in [1.807, 2.05) is 18.0 Å². The van der Waals surface area contributed by atoms with Gasteiger partial charge in [0.25, 0.3) is 0 Å². The summed E-state index contributed by atoms with van der Waals surface area (Å²) < 4.78 is 0. The highest BCUT2D eigenvalue weighted by atomic mass is 16.2. The minimum atomic E-state index is 0.0854. The fraction of sp³-hybridized carbons (Fsp3) is 0.655. The van der Waals surface area contributed by atoms with Gasteiger partial charge in [-0.15, -0.1) is 0 Å². The monoisotopic (exact) mass is 448 g/mol. The van der Waals surface area contributed by atoms with Crippen molar-refractivity contribution in [3.8, 4) is 0 Å². The van der Waals surface area contributed by atoms with Gasteiger partial charge in [0.2, 0.25) is 11.8 Å². The molecule has 1 heterocycles. The number of nitrogens with one attached hydrogen (secondary N) is 1. The minimum absolute atomic E-state index is 0.0854. The van der Waals surface area contributed by atoms with Crippen LogP contribution in [0.25, 0.3) is 0 Å². The van der Waals surface area contributed by atoms with Gasteiger partial charge < -0.3 is 10.2 Å². The van der Waals surface area contributed by atoms with Crippen molar-refractivity contribution in [3.63, 3.8) is 0 Å². The lowest BCUT2D eigenvalue weighted by Crippen LogP contribution is -2.60. The summed E-state index contributed by atoms with van der Waals surface area (Å²) >= 11 is 0. The van der Waals surface area contributed by atoms with Crippen LogP contribution in [0.5, 0.6) is 0 Å². The molecule has 33 heavy (non-hydrogen) atoms. The van der Waals surface area contributed by atoms with Gasteiger partial charge in [0.1, 0.15) is 0 Å². The van der Waals surface area contributed by atoms with Crippen molar-refractivity contribution >= 4 is 11.8 Å². The summed E-state index contributed by atoms with van der Waals surface area (Å²) in [5.74, 6) is 2.37. The van der Waals surface area contributed by atoms with Crippen LogP contribution < -0.4 is 5.32 Å². The number of hydrogen-bond donors (Lipinski definition) is 1. The van der Waals surface area contributed by atoms with Crippen LogP contribution in [0.2, 0.25) is 0 Å². The molecule has 2 amide bonds. The number of hydrogen-bond acceptors (Lipinski definition) is 2. The van der Waals surface area contributed by atoms with Gasteiger partial charge in [0, 0.05) is 31.0 Å². The number of aryl methyl sites for hydroxylation is 2. The van der Waals surface area contributed by atoms with Crippen molar-refractivity contribution in [2.75, 3.05) is 7.05 Å². The third-order valence-corrected chi connectivity index (χ3v) is 10.2. The SMILES string of the molecule is Cc1cccc(CCC(=O)N[C@H]2CC[C@H]3[C@@H]4CC[C@H]5N(C)C(=O)C=C[C@]5(C)[C@H]4CC[C@]23C)c1. The zero-order chi connectivity index (χ0) is 23.4. The first-order valence-electron chi connectivity index (χ1n) is 13.0. The quantitative estimate of drug-likeness (QED) is 0.701. The van der Waals surface area contributed by atoms with Crippen LogP contribution in [0.3, 0.4) is 0 Å². The Bertz CT molecular complexity index is 970. The van der Waals surface area contributed by atoms with Gasteiger partial charge >= 0.3 is 0 Å². The molecule has 4 nitrogen and oxygen atoms in total.